The molecule has 7 heteroatoms. The SMILES string of the molecule is C=C1CCCC2=NC[C@H](C)[C@@H](C)C[C@@]23CCC([C@@H]2C=C(C)C(=O)O2)=C(C)[C@@H]3C=C(C)[C@@H](O)C[C@H]2O[C@@]3(C[C@H]2C)O[C@@H](CC[C@@]3(C)O)C1. The quantitative estimate of drug-likeness (QED) is 0.225. The van der Waals surface area contributed by atoms with E-state index in [2.05, 4.69) is 47.3 Å². The zero-order chi connectivity index (χ0) is 33.9. The molecule has 3 bridgehead atoms. The van der Waals surface area contributed by atoms with Crippen molar-refractivity contribution in [3.8, 4) is 0 Å². The number of hydrogen-bond acceptors (Lipinski definition) is 7. The van der Waals surface area contributed by atoms with Gasteiger partial charge in [0.25, 0.3) is 0 Å². The molecule has 6 rings (SSSR count). The third-order valence-corrected chi connectivity index (χ3v) is 13.1. The van der Waals surface area contributed by atoms with E-state index >= 15 is 0 Å². The average Bonchev–Trinajstić information content (AvgIpc) is 3.47. The average molecular weight is 650 g/mol. The largest absolute Gasteiger partial charge is 0.450 e. The summed E-state index contributed by atoms with van der Waals surface area (Å²) in [6.07, 6.45) is 11.8. The first-order chi connectivity index (χ1) is 22.1. The molecule has 260 valence electrons. The second kappa shape index (κ2) is 13.0. The molecule has 7 nitrogen and oxygen atoms in total. The molecule has 0 saturated carbocycles. The van der Waals surface area contributed by atoms with E-state index in [-0.39, 0.29) is 41.5 Å². The van der Waals surface area contributed by atoms with Crippen molar-refractivity contribution in [3.05, 3.63) is 46.6 Å². The summed E-state index contributed by atoms with van der Waals surface area (Å²) in [5, 5.41) is 23.4. The number of carbonyl (C=O) groups excluding carboxylic acids is 1. The van der Waals surface area contributed by atoms with E-state index in [1.165, 1.54) is 22.4 Å². The molecule has 1 aliphatic carbocycles. The maximum Gasteiger partial charge on any atom is 0.334 e. The number of aliphatic imine (C=N–C) groups is 1. The molecule has 5 heterocycles. The van der Waals surface area contributed by atoms with E-state index in [9.17, 15) is 15.0 Å². The summed E-state index contributed by atoms with van der Waals surface area (Å²) in [5.41, 5.74) is 5.24. The number of carbonyl (C=O) groups is 1. The maximum atomic E-state index is 12.5. The van der Waals surface area contributed by atoms with Gasteiger partial charge in [0.1, 0.15) is 11.7 Å². The molecule has 0 unspecified atom stereocenters. The van der Waals surface area contributed by atoms with Crippen LogP contribution in [0.2, 0.25) is 0 Å². The molecule has 0 radical (unpaired) electrons. The number of ether oxygens (including phenoxy) is 3. The number of aliphatic hydroxyl groups excluding tert-OH is 1. The number of allylic oxidation sites excluding steroid dienone is 2. The second-order valence-corrected chi connectivity index (χ2v) is 16.6. The van der Waals surface area contributed by atoms with Gasteiger partial charge in [0.2, 0.25) is 0 Å². The van der Waals surface area contributed by atoms with Crippen molar-refractivity contribution in [2.75, 3.05) is 6.54 Å². The van der Waals surface area contributed by atoms with Crippen molar-refractivity contribution >= 4 is 11.7 Å². The Labute approximate surface area is 282 Å². The van der Waals surface area contributed by atoms with E-state index in [0.29, 0.717) is 36.7 Å². The Morgan fingerprint density at radius 3 is 2.47 bits per heavy atom. The van der Waals surface area contributed by atoms with E-state index in [1.54, 1.807) is 0 Å². The topological polar surface area (TPSA) is 97.6 Å². The molecule has 47 heavy (non-hydrogen) atoms. The van der Waals surface area contributed by atoms with E-state index < -0.39 is 17.5 Å². The number of nitrogens with zero attached hydrogens (tertiary/aromatic N) is 1. The molecule has 2 N–H and O–H groups in total. The van der Waals surface area contributed by atoms with Gasteiger partial charge in [-0.2, -0.15) is 0 Å². The van der Waals surface area contributed by atoms with Gasteiger partial charge in [-0.1, -0.05) is 44.6 Å². The highest BCUT2D eigenvalue weighted by Gasteiger charge is 2.60. The van der Waals surface area contributed by atoms with Gasteiger partial charge in [-0.25, -0.2) is 4.79 Å². The van der Waals surface area contributed by atoms with Gasteiger partial charge >= 0.3 is 5.97 Å². The fourth-order valence-corrected chi connectivity index (χ4v) is 9.66. The Bertz CT molecular complexity index is 1390. The monoisotopic (exact) mass is 649 g/mol. The highest BCUT2D eigenvalue weighted by molar-refractivity contribution is 5.92. The Morgan fingerprint density at radius 1 is 0.979 bits per heavy atom. The van der Waals surface area contributed by atoms with Crippen LogP contribution in [0.4, 0.5) is 0 Å². The molecule has 0 aromatic heterocycles. The van der Waals surface area contributed by atoms with Gasteiger partial charge in [-0.15, -0.1) is 0 Å². The molecule has 11 atom stereocenters. The molecular formula is C40H59NO6. The van der Waals surface area contributed by atoms with Crippen LogP contribution in [0.3, 0.4) is 0 Å². The van der Waals surface area contributed by atoms with Crippen molar-refractivity contribution in [2.24, 2.45) is 34.1 Å². The standard InChI is InChI=1S/C40H59NO6/c1-23-10-9-11-36-39(20-26(4)28(6)22-41-36)15-13-31(35-18-25(3)37(43)45-35)29(7)32(39)17-24(2)33(42)19-34-27(5)21-40(47-34)38(8,44)14-12-30(16-23)46-40/h17-18,26-28,30,32-35,42,44H,1,9-16,19-22H2,2-8H3/t26-,27+,28-,30-,32-,33-,34+,35-,38+,39+,40+/m0/s1. The lowest BCUT2D eigenvalue weighted by atomic mass is 9.56. The van der Waals surface area contributed by atoms with Crippen LogP contribution in [-0.2, 0) is 19.0 Å². The summed E-state index contributed by atoms with van der Waals surface area (Å²) >= 11 is 0. The van der Waals surface area contributed by atoms with E-state index in [4.69, 9.17) is 19.2 Å². The first-order valence-corrected chi connectivity index (χ1v) is 18.4. The van der Waals surface area contributed by atoms with Gasteiger partial charge in [-0.3, -0.25) is 4.99 Å². The van der Waals surface area contributed by atoms with Crippen LogP contribution >= 0.6 is 0 Å². The summed E-state index contributed by atoms with van der Waals surface area (Å²) < 4.78 is 19.3. The first-order valence-electron chi connectivity index (χ1n) is 18.4. The van der Waals surface area contributed by atoms with Crippen LogP contribution in [0.25, 0.3) is 0 Å². The van der Waals surface area contributed by atoms with E-state index in [0.717, 1.165) is 63.5 Å². The minimum atomic E-state index is -1.10. The molecule has 0 amide bonds. The molecule has 2 saturated heterocycles. The molecule has 2 spiro atoms. The minimum absolute atomic E-state index is 0.0239. The third-order valence-electron chi connectivity index (χ3n) is 13.1. The highest BCUT2D eigenvalue weighted by Crippen LogP contribution is 2.55. The number of rotatable bonds is 1. The van der Waals surface area contributed by atoms with Crippen LogP contribution < -0.4 is 0 Å². The van der Waals surface area contributed by atoms with Crippen LogP contribution in [0.1, 0.15) is 119 Å². The van der Waals surface area contributed by atoms with Crippen LogP contribution in [0.15, 0.2) is 51.6 Å². The summed E-state index contributed by atoms with van der Waals surface area (Å²) in [4.78, 5) is 17.9. The number of fused-ring (bicyclic) bond motifs is 2. The Hall–Kier alpha value is -2.06. The Balaban J connectivity index is 1.43. The van der Waals surface area contributed by atoms with Gasteiger partial charge in [0, 0.05) is 42.0 Å². The van der Waals surface area contributed by atoms with Crippen molar-refractivity contribution in [2.45, 2.75) is 155 Å². The smallest absolute Gasteiger partial charge is 0.334 e. The Morgan fingerprint density at radius 2 is 1.74 bits per heavy atom. The lowest BCUT2D eigenvalue weighted by molar-refractivity contribution is -0.345. The summed E-state index contributed by atoms with van der Waals surface area (Å²) in [5.74, 6) is -0.184. The van der Waals surface area contributed by atoms with Crippen molar-refractivity contribution in [1.82, 2.24) is 0 Å². The van der Waals surface area contributed by atoms with Crippen molar-refractivity contribution in [1.29, 1.82) is 0 Å². The first kappa shape index (κ1) is 34.8. The predicted octanol–water partition coefficient (Wildman–Crippen LogP) is 7.57. The lowest BCUT2D eigenvalue weighted by Crippen LogP contribution is -2.59. The molecule has 6 aliphatic rings. The van der Waals surface area contributed by atoms with Gasteiger partial charge in [-0.05, 0) is 120 Å². The second-order valence-electron chi connectivity index (χ2n) is 16.6. The summed E-state index contributed by atoms with van der Waals surface area (Å²) in [7, 11) is 0. The summed E-state index contributed by atoms with van der Waals surface area (Å²) in [6.45, 7) is 20.1. The third kappa shape index (κ3) is 6.39. The van der Waals surface area contributed by atoms with E-state index in [1.807, 2.05) is 19.9 Å². The normalized spacial score (nSPS) is 45.2. The summed E-state index contributed by atoms with van der Waals surface area (Å²) in [6, 6.07) is 0. The highest BCUT2D eigenvalue weighted by atomic mass is 16.7. The number of cyclic esters (lactones) is 1. The fourth-order valence-electron chi connectivity index (χ4n) is 9.66. The van der Waals surface area contributed by atoms with Crippen LogP contribution in [0.5, 0.6) is 0 Å². The molecule has 2 fully saturated rings. The molecule has 0 aromatic carbocycles. The zero-order valence-electron chi connectivity index (χ0n) is 29.9. The molecule has 0 aromatic rings. The lowest BCUT2D eigenvalue weighted by Gasteiger charge is -2.48. The predicted molar refractivity (Wildman–Crippen MR) is 185 cm³/mol. The fraction of sp³-hybridized carbons (Fsp3) is 0.750. The number of aliphatic hydroxyl groups is 2. The minimum Gasteiger partial charge on any atom is -0.450 e. The molecule has 5 aliphatic heterocycles. The van der Waals surface area contributed by atoms with Crippen LogP contribution in [-0.4, -0.2) is 64.2 Å². The van der Waals surface area contributed by atoms with Crippen molar-refractivity contribution in [3.63, 3.8) is 0 Å². The van der Waals surface area contributed by atoms with Crippen molar-refractivity contribution < 1.29 is 29.2 Å². The van der Waals surface area contributed by atoms with Gasteiger partial charge in [0.15, 0.2) is 5.79 Å². The number of esters is 1. The Kier molecular flexibility index (Phi) is 9.62. The maximum absolute atomic E-state index is 12.5. The van der Waals surface area contributed by atoms with Gasteiger partial charge < -0.3 is 24.4 Å². The zero-order valence-corrected chi connectivity index (χ0v) is 29.9. The van der Waals surface area contributed by atoms with Gasteiger partial charge in [0.05, 0.1) is 18.3 Å². The number of hydrogen-bond donors (Lipinski definition) is 2. The molecular weight excluding hydrogens is 590 g/mol. The van der Waals surface area contributed by atoms with Crippen LogP contribution in [0, 0.1) is 29.1 Å².